The van der Waals surface area contributed by atoms with Crippen molar-refractivity contribution in [2.75, 3.05) is 0 Å². The summed E-state index contributed by atoms with van der Waals surface area (Å²) in [5.41, 5.74) is 13.3. The van der Waals surface area contributed by atoms with Gasteiger partial charge in [-0.1, -0.05) is 109 Å². The number of aromatic nitrogens is 3. The van der Waals surface area contributed by atoms with Crippen molar-refractivity contribution < 1.29 is 0 Å². The minimum atomic E-state index is 1.01. The molecule has 0 amide bonds. The molecular weight excluding hydrogens is 591 g/mol. The summed E-state index contributed by atoms with van der Waals surface area (Å²) in [6.45, 7) is 0. The van der Waals surface area contributed by atoms with Gasteiger partial charge in [-0.2, -0.15) is 0 Å². The Hall–Kier alpha value is -5.97. The summed E-state index contributed by atoms with van der Waals surface area (Å²) in [5.74, 6) is 0. The number of hydrogen-bond donors (Lipinski definition) is 0. The van der Waals surface area contributed by atoms with Gasteiger partial charge in [0.15, 0.2) is 0 Å². The van der Waals surface area contributed by atoms with Gasteiger partial charge in [0, 0.05) is 37.3 Å². The molecule has 1 aliphatic carbocycles. The summed E-state index contributed by atoms with van der Waals surface area (Å²) >= 11 is 1.85. The van der Waals surface area contributed by atoms with Gasteiger partial charge in [-0.3, -0.25) is 4.40 Å². The Balaban J connectivity index is 1.30. The highest BCUT2D eigenvalue weighted by atomic mass is 32.1. The van der Waals surface area contributed by atoms with Crippen molar-refractivity contribution in [2.24, 2.45) is 0 Å². The number of benzene rings is 7. The highest BCUT2D eigenvalue weighted by molar-refractivity contribution is 7.26. The fraction of sp³-hybridized carbons (Fsp3) is 0. The third kappa shape index (κ3) is 2.91. The van der Waals surface area contributed by atoms with Crippen molar-refractivity contribution in [2.45, 2.75) is 0 Å². The van der Waals surface area contributed by atoms with Crippen molar-refractivity contribution in [3.63, 3.8) is 0 Å². The van der Waals surface area contributed by atoms with E-state index in [1.54, 1.807) is 0 Å². The lowest BCUT2D eigenvalue weighted by molar-refractivity contribution is 1.19. The number of pyridine rings is 1. The van der Waals surface area contributed by atoms with Crippen molar-refractivity contribution >= 4 is 91.7 Å². The van der Waals surface area contributed by atoms with Gasteiger partial charge in [-0.05, 0) is 63.4 Å². The fourth-order valence-corrected chi connectivity index (χ4v) is 9.70. The Kier molecular flexibility index (Phi) is 4.36. The van der Waals surface area contributed by atoms with Crippen molar-refractivity contribution in [1.29, 1.82) is 0 Å². The zero-order chi connectivity index (χ0) is 30.4. The van der Waals surface area contributed by atoms with Crippen LogP contribution in [0.3, 0.4) is 0 Å². The first kappa shape index (κ1) is 24.3. The maximum absolute atomic E-state index is 5.47. The average Bonchev–Trinajstić information content (AvgIpc) is 3.87. The molecule has 0 radical (unpaired) electrons. The zero-order valence-corrected chi connectivity index (χ0v) is 25.8. The number of nitrogens with zero attached hydrogens (tertiary/aromatic N) is 3. The number of fused-ring (bicyclic) bond motifs is 17. The van der Waals surface area contributed by atoms with E-state index in [2.05, 4.69) is 148 Å². The zero-order valence-electron chi connectivity index (χ0n) is 25.0. The second-order valence-electron chi connectivity index (χ2n) is 12.7. The van der Waals surface area contributed by atoms with E-state index in [-0.39, 0.29) is 0 Å². The second kappa shape index (κ2) is 8.43. The molecule has 4 aromatic heterocycles. The van der Waals surface area contributed by atoms with Crippen LogP contribution in [0.25, 0.3) is 108 Å². The maximum Gasteiger partial charge on any atom is 0.146 e. The molecule has 11 aromatic rings. The Bertz CT molecular complexity index is 3190. The van der Waals surface area contributed by atoms with E-state index >= 15 is 0 Å². The van der Waals surface area contributed by atoms with Crippen LogP contribution in [0, 0.1) is 0 Å². The van der Waals surface area contributed by atoms with Crippen molar-refractivity contribution in [3.8, 4) is 27.9 Å². The first-order valence-electron chi connectivity index (χ1n) is 16.1. The fourth-order valence-electron chi connectivity index (χ4n) is 8.51. The van der Waals surface area contributed by atoms with Gasteiger partial charge in [0.1, 0.15) is 11.2 Å². The molecular formula is C43H23N3S. The number of thiophene rings is 1. The van der Waals surface area contributed by atoms with E-state index in [0.717, 1.165) is 22.1 Å². The third-order valence-corrected chi connectivity index (χ3v) is 11.6. The van der Waals surface area contributed by atoms with Crippen LogP contribution in [0.4, 0.5) is 0 Å². The number of para-hydroxylation sites is 1. The number of imidazole rings is 1. The Labute approximate surface area is 272 Å². The number of rotatable bonds is 1. The van der Waals surface area contributed by atoms with E-state index in [0.29, 0.717) is 0 Å². The molecule has 3 nitrogen and oxygen atoms in total. The summed E-state index contributed by atoms with van der Waals surface area (Å²) < 4.78 is 7.48. The molecule has 216 valence electrons. The van der Waals surface area contributed by atoms with Gasteiger partial charge in [-0.25, -0.2) is 4.98 Å². The summed E-state index contributed by atoms with van der Waals surface area (Å²) in [6, 6.07) is 51.3. The van der Waals surface area contributed by atoms with Crippen LogP contribution in [0.15, 0.2) is 140 Å². The molecule has 0 spiro atoms. The van der Waals surface area contributed by atoms with Crippen LogP contribution in [-0.4, -0.2) is 14.0 Å². The Morgan fingerprint density at radius 3 is 2.11 bits per heavy atom. The van der Waals surface area contributed by atoms with Crippen LogP contribution in [-0.2, 0) is 0 Å². The van der Waals surface area contributed by atoms with E-state index in [4.69, 9.17) is 4.98 Å². The van der Waals surface area contributed by atoms with Crippen LogP contribution < -0.4 is 0 Å². The molecule has 4 heteroatoms. The Morgan fingerprint density at radius 2 is 1.21 bits per heavy atom. The Morgan fingerprint density at radius 1 is 0.489 bits per heavy atom. The molecule has 0 N–H and O–H groups in total. The molecule has 0 unspecified atom stereocenters. The van der Waals surface area contributed by atoms with Gasteiger partial charge in [0.2, 0.25) is 0 Å². The lowest BCUT2D eigenvalue weighted by Gasteiger charge is -2.13. The normalized spacial score (nSPS) is 12.7. The smallest absolute Gasteiger partial charge is 0.146 e. The molecule has 1 aliphatic rings. The minimum absolute atomic E-state index is 1.01. The van der Waals surface area contributed by atoms with Crippen LogP contribution in [0.1, 0.15) is 0 Å². The third-order valence-electron chi connectivity index (χ3n) is 10.4. The van der Waals surface area contributed by atoms with Crippen LogP contribution in [0.2, 0.25) is 0 Å². The minimum Gasteiger partial charge on any atom is -0.307 e. The molecule has 0 saturated carbocycles. The molecule has 0 bridgehead atoms. The standard InChI is InChI=1S/C43H23N3S/c1-2-12-27-26(11-1)29-17-9-10-24-22-25(23-34(27)38(24)29)45-35-18-7-5-16-33(35)41-40(45)30-14-3-4-15-32(30)43-44-39-36(46(41)43)21-20-31-28-13-6-8-19-37(28)47-42(31)39/h1-23H. The van der Waals surface area contributed by atoms with Gasteiger partial charge in [0.05, 0.1) is 26.8 Å². The first-order chi connectivity index (χ1) is 23.3. The van der Waals surface area contributed by atoms with E-state index < -0.39 is 0 Å². The lowest BCUT2D eigenvalue weighted by Crippen LogP contribution is -1.97. The summed E-state index contributed by atoms with van der Waals surface area (Å²) in [6.07, 6.45) is 0. The quantitative estimate of drug-likeness (QED) is 0.181. The maximum atomic E-state index is 5.47. The summed E-state index contributed by atoms with van der Waals surface area (Å²) in [7, 11) is 0. The van der Waals surface area contributed by atoms with Gasteiger partial charge < -0.3 is 4.57 Å². The average molecular weight is 614 g/mol. The molecule has 0 aliphatic heterocycles. The lowest BCUT2D eigenvalue weighted by atomic mass is 10.0. The molecule has 47 heavy (non-hydrogen) atoms. The van der Waals surface area contributed by atoms with Crippen LogP contribution >= 0.6 is 11.3 Å². The highest BCUT2D eigenvalue weighted by Gasteiger charge is 2.25. The molecule has 12 rings (SSSR count). The monoisotopic (exact) mass is 613 g/mol. The molecule has 7 aromatic carbocycles. The van der Waals surface area contributed by atoms with E-state index in [1.807, 2.05) is 11.3 Å². The molecule has 0 atom stereocenters. The van der Waals surface area contributed by atoms with Gasteiger partial charge >= 0.3 is 0 Å². The predicted molar refractivity (Wildman–Crippen MR) is 199 cm³/mol. The van der Waals surface area contributed by atoms with Crippen LogP contribution in [0.5, 0.6) is 0 Å². The van der Waals surface area contributed by atoms with Gasteiger partial charge in [0.25, 0.3) is 0 Å². The van der Waals surface area contributed by atoms with E-state index in [9.17, 15) is 0 Å². The SMILES string of the molecule is c1ccc2c(c1)-c1cccc3cc(-n4c5ccccc5c5c4c4ccccc4c4nc6c7sc8ccccc8c7ccc6n45)cc-2c13. The largest absolute Gasteiger partial charge is 0.307 e. The first-order valence-corrected chi connectivity index (χ1v) is 16.9. The highest BCUT2D eigenvalue weighted by Crippen LogP contribution is 2.49. The topological polar surface area (TPSA) is 22.2 Å². The molecule has 4 heterocycles. The number of hydrogen-bond acceptors (Lipinski definition) is 2. The summed E-state index contributed by atoms with van der Waals surface area (Å²) in [4.78, 5) is 5.47. The second-order valence-corrected chi connectivity index (χ2v) is 13.8. The van der Waals surface area contributed by atoms with E-state index in [1.165, 1.54) is 86.2 Å². The van der Waals surface area contributed by atoms with Crippen molar-refractivity contribution in [3.05, 3.63) is 140 Å². The van der Waals surface area contributed by atoms with Gasteiger partial charge in [-0.15, -0.1) is 11.3 Å². The molecule has 0 fully saturated rings. The summed E-state index contributed by atoms with van der Waals surface area (Å²) in [5, 5.41) is 8.78. The predicted octanol–water partition coefficient (Wildman–Crippen LogP) is 11.9. The van der Waals surface area contributed by atoms with Crippen molar-refractivity contribution in [1.82, 2.24) is 14.0 Å². The molecule has 0 saturated heterocycles.